The van der Waals surface area contributed by atoms with E-state index in [1.807, 2.05) is 13.2 Å². The summed E-state index contributed by atoms with van der Waals surface area (Å²) in [5.41, 5.74) is 0. The molecule has 0 aliphatic heterocycles. The van der Waals surface area contributed by atoms with Crippen LogP contribution in [0.5, 0.6) is 0 Å². The molecule has 0 spiro atoms. The fourth-order valence-corrected chi connectivity index (χ4v) is 2.69. The molecule has 0 fully saturated rings. The maximum Gasteiger partial charge on any atom is 0.326 e. The van der Waals surface area contributed by atoms with E-state index in [4.69, 9.17) is 5.11 Å². The van der Waals surface area contributed by atoms with Crippen molar-refractivity contribution in [3.05, 3.63) is 0 Å². The van der Waals surface area contributed by atoms with Crippen LogP contribution >= 0.6 is 11.8 Å². The van der Waals surface area contributed by atoms with Crippen LogP contribution in [0.2, 0.25) is 0 Å². The molecule has 2 amide bonds. The fraction of sp³-hybridized carbons (Fsp3) is 0.833. The van der Waals surface area contributed by atoms with Crippen LogP contribution in [0.1, 0.15) is 26.7 Å². The second-order valence-corrected chi connectivity index (χ2v) is 5.19. The van der Waals surface area contributed by atoms with Gasteiger partial charge in [0.25, 0.3) is 0 Å². The number of carboxylic acid groups (broad SMARTS) is 1. The molecule has 0 heterocycles. The zero-order valence-corrected chi connectivity index (χ0v) is 12.7. The van der Waals surface area contributed by atoms with Gasteiger partial charge in [-0.3, -0.25) is 0 Å². The van der Waals surface area contributed by atoms with Gasteiger partial charge in [-0.1, -0.05) is 13.8 Å². The van der Waals surface area contributed by atoms with Crippen LogP contribution in [0, 0.1) is 0 Å². The number of urea groups is 1. The Bertz CT molecular complexity index is 286. The molecule has 0 saturated carbocycles. The molecule has 1 N–H and O–H groups in total. The van der Waals surface area contributed by atoms with Gasteiger partial charge in [-0.25, -0.2) is 9.59 Å². The van der Waals surface area contributed by atoms with E-state index in [0.717, 1.165) is 12.2 Å². The molecule has 2 unspecified atom stereocenters. The smallest absolute Gasteiger partial charge is 0.326 e. The van der Waals surface area contributed by atoms with Gasteiger partial charge in [0.1, 0.15) is 6.04 Å². The molecule has 6 heteroatoms. The molecule has 18 heavy (non-hydrogen) atoms. The van der Waals surface area contributed by atoms with Crippen molar-refractivity contribution in [1.29, 1.82) is 0 Å². The maximum absolute atomic E-state index is 12.2. The number of carbonyl (C=O) groups excluding carboxylic acids is 1. The molecular weight excluding hydrogens is 252 g/mol. The quantitative estimate of drug-likeness (QED) is 0.772. The van der Waals surface area contributed by atoms with Gasteiger partial charge in [0.15, 0.2) is 0 Å². The van der Waals surface area contributed by atoms with Crippen LogP contribution < -0.4 is 0 Å². The summed E-state index contributed by atoms with van der Waals surface area (Å²) in [5, 5.41) is 9.06. The zero-order valence-electron chi connectivity index (χ0n) is 11.8. The molecule has 0 aromatic rings. The molecule has 0 aliphatic carbocycles. The van der Waals surface area contributed by atoms with Crippen molar-refractivity contribution in [2.45, 2.75) is 38.8 Å². The number of rotatable bonds is 7. The minimum atomic E-state index is -0.959. The van der Waals surface area contributed by atoms with E-state index in [1.165, 1.54) is 4.90 Å². The van der Waals surface area contributed by atoms with E-state index in [0.29, 0.717) is 6.42 Å². The van der Waals surface area contributed by atoms with E-state index in [9.17, 15) is 9.59 Å². The lowest BCUT2D eigenvalue weighted by molar-refractivity contribution is -0.142. The van der Waals surface area contributed by atoms with Crippen molar-refractivity contribution in [1.82, 2.24) is 9.80 Å². The molecule has 106 valence electrons. The van der Waals surface area contributed by atoms with Crippen LogP contribution in [0.15, 0.2) is 0 Å². The molecule has 0 aromatic carbocycles. The van der Waals surface area contributed by atoms with E-state index in [2.05, 4.69) is 0 Å². The average Bonchev–Trinajstić information content (AvgIpc) is 2.34. The van der Waals surface area contributed by atoms with Crippen molar-refractivity contribution in [2.24, 2.45) is 0 Å². The van der Waals surface area contributed by atoms with E-state index >= 15 is 0 Å². The molecule has 0 aromatic heterocycles. The number of thioether (sulfide) groups is 1. The topological polar surface area (TPSA) is 60.9 Å². The first kappa shape index (κ1) is 17.1. The Kier molecular flexibility index (Phi) is 7.82. The number of nitrogens with zero attached hydrogens (tertiary/aromatic N) is 2. The minimum Gasteiger partial charge on any atom is -0.480 e. The second kappa shape index (κ2) is 8.24. The summed E-state index contributed by atoms with van der Waals surface area (Å²) in [4.78, 5) is 26.2. The SMILES string of the molecule is CCC(CSC)N(C)C(=O)N(C)C(CC)C(=O)O. The average molecular weight is 276 g/mol. The Morgan fingerprint density at radius 2 is 1.72 bits per heavy atom. The van der Waals surface area contributed by atoms with Gasteiger partial charge < -0.3 is 14.9 Å². The summed E-state index contributed by atoms with van der Waals surface area (Å²) in [5.74, 6) is -0.101. The molecule has 0 bridgehead atoms. The normalized spacial score (nSPS) is 13.8. The lowest BCUT2D eigenvalue weighted by atomic mass is 10.2. The summed E-state index contributed by atoms with van der Waals surface area (Å²) in [6.07, 6.45) is 3.27. The summed E-state index contributed by atoms with van der Waals surface area (Å²) >= 11 is 1.68. The predicted molar refractivity (Wildman–Crippen MR) is 75.1 cm³/mol. The lowest BCUT2D eigenvalue weighted by Crippen LogP contribution is -2.50. The van der Waals surface area contributed by atoms with Crippen LogP contribution in [0.3, 0.4) is 0 Å². The zero-order chi connectivity index (χ0) is 14.3. The molecule has 2 atom stereocenters. The molecule has 0 aliphatic rings. The Morgan fingerprint density at radius 1 is 1.17 bits per heavy atom. The summed E-state index contributed by atoms with van der Waals surface area (Å²) in [6.45, 7) is 3.79. The maximum atomic E-state index is 12.2. The second-order valence-electron chi connectivity index (χ2n) is 4.28. The molecule has 0 radical (unpaired) electrons. The fourth-order valence-electron chi connectivity index (χ4n) is 1.85. The Hall–Kier alpha value is -0.910. The third-order valence-corrected chi connectivity index (χ3v) is 3.84. The number of hydrogen-bond donors (Lipinski definition) is 1. The Morgan fingerprint density at radius 3 is 2.06 bits per heavy atom. The minimum absolute atomic E-state index is 0.140. The predicted octanol–water partition coefficient (Wildman–Crippen LogP) is 1.97. The first-order chi connectivity index (χ1) is 8.40. The Labute approximate surface area is 114 Å². The number of aliphatic carboxylic acids is 1. The molecule has 5 nitrogen and oxygen atoms in total. The van der Waals surface area contributed by atoms with Crippen LogP contribution in [-0.4, -0.2) is 65.1 Å². The van der Waals surface area contributed by atoms with Gasteiger partial charge in [-0.2, -0.15) is 11.8 Å². The highest BCUT2D eigenvalue weighted by molar-refractivity contribution is 7.98. The highest BCUT2D eigenvalue weighted by Gasteiger charge is 2.29. The van der Waals surface area contributed by atoms with E-state index in [1.54, 1.807) is 37.7 Å². The van der Waals surface area contributed by atoms with Gasteiger partial charge in [-0.15, -0.1) is 0 Å². The highest BCUT2D eigenvalue weighted by atomic mass is 32.2. The van der Waals surface area contributed by atoms with Crippen molar-refractivity contribution < 1.29 is 14.7 Å². The van der Waals surface area contributed by atoms with Crippen molar-refractivity contribution in [3.63, 3.8) is 0 Å². The standard InChI is InChI=1S/C12H24N2O3S/c1-6-9(8-18-5)13(3)12(17)14(4)10(7-2)11(15)16/h9-10H,6-8H2,1-5H3,(H,15,16). The van der Waals surface area contributed by atoms with Gasteiger partial charge in [0.05, 0.1) is 0 Å². The number of hydrogen-bond acceptors (Lipinski definition) is 3. The Balaban J connectivity index is 4.75. The summed E-state index contributed by atoms with van der Waals surface area (Å²) < 4.78 is 0. The molecule has 0 rings (SSSR count). The first-order valence-electron chi connectivity index (χ1n) is 6.11. The third-order valence-electron chi connectivity index (χ3n) is 3.12. The van der Waals surface area contributed by atoms with Crippen LogP contribution in [0.4, 0.5) is 4.79 Å². The van der Waals surface area contributed by atoms with Gasteiger partial charge in [0.2, 0.25) is 0 Å². The van der Waals surface area contributed by atoms with Crippen molar-refractivity contribution in [3.8, 4) is 0 Å². The van der Waals surface area contributed by atoms with E-state index < -0.39 is 12.0 Å². The van der Waals surface area contributed by atoms with Gasteiger partial charge in [-0.05, 0) is 19.1 Å². The number of carboxylic acids is 1. The number of likely N-dealkylation sites (N-methyl/N-ethyl adjacent to an activating group) is 1. The van der Waals surface area contributed by atoms with Gasteiger partial charge in [0, 0.05) is 25.9 Å². The first-order valence-corrected chi connectivity index (χ1v) is 7.51. The van der Waals surface area contributed by atoms with E-state index in [-0.39, 0.29) is 12.1 Å². The van der Waals surface area contributed by atoms with Crippen molar-refractivity contribution >= 4 is 23.8 Å². The van der Waals surface area contributed by atoms with Crippen molar-refractivity contribution in [2.75, 3.05) is 26.1 Å². The lowest BCUT2D eigenvalue weighted by Gasteiger charge is -2.33. The largest absolute Gasteiger partial charge is 0.480 e. The van der Waals surface area contributed by atoms with Crippen LogP contribution in [-0.2, 0) is 4.79 Å². The number of carbonyl (C=O) groups is 2. The molecule has 0 saturated heterocycles. The monoisotopic (exact) mass is 276 g/mol. The summed E-state index contributed by atoms with van der Waals surface area (Å²) in [6, 6.07) is -0.849. The molecular formula is C12H24N2O3S. The van der Waals surface area contributed by atoms with Crippen LogP contribution in [0.25, 0.3) is 0 Å². The van der Waals surface area contributed by atoms with Gasteiger partial charge >= 0.3 is 12.0 Å². The third kappa shape index (κ3) is 4.40. The number of amides is 2. The summed E-state index contributed by atoms with van der Waals surface area (Å²) in [7, 11) is 3.28. The highest BCUT2D eigenvalue weighted by Crippen LogP contribution is 2.12.